The predicted octanol–water partition coefficient (Wildman–Crippen LogP) is 3.35. The second kappa shape index (κ2) is 7.07. The molecular weight excluding hydrogens is 288 g/mol. The molecule has 0 aliphatic carbocycles. The number of ether oxygens (including phenoxy) is 1. The van der Waals surface area contributed by atoms with Crippen molar-refractivity contribution < 1.29 is 27.4 Å². The van der Waals surface area contributed by atoms with Crippen LogP contribution < -0.4 is 0 Å². The lowest BCUT2D eigenvalue weighted by Gasteiger charge is -2.13. The maximum absolute atomic E-state index is 13.1. The first-order chi connectivity index (χ1) is 8.79. The van der Waals surface area contributed by atoms with Crippen molar-refractivity contribution in [3.05, 3.63) is 34.6 Å². The Labute approximate surface area is 112 Å². The molecule has 0 spiro atoms. The summed E-state index contributed by atoms with van der Waals surface area (Å²) in [4.78, 5) is 0. The van der Waals surface area contributed by atoms with Crippen LogP contribution in [0.25, 0.3) is 0 Å². The van der Waals surface area contributed by atoms with E-state index in [1.54, 1.807) is 6.07 Å². The summed E-state index contributed by atoms with van der Waals surface area (Å²) < 4.78 is 52.8. The van der Waals surface area contributed by atoms with Crippen molar-refractivity contribution in [3.8, 4) is 0 Å². The van der Waals surface area contributed by atoms with Crippen LogP contribution >= 0.6 is 11.6 Å². The molecule has 2 nitrogen and oxygen atoms in total. The molecule has 0 saturated heterocycles. The summed E-state index contributed by atoms with van der Waals surface area (Å²) >= 11 is 5.69. The van der Waals surface area contributed by atoms with Crippen LogP contribution in [0.3, 0.4) is 0 Å². The molecule has 1 rings (SSSR count). The van der Waals surface area contributed by atoms with Gasteiger partial charge in [-0.05, 0) is 18.1 Å². The topological polar surface area (TPSA) is 29.5 Å². The standard InChI is InChI=1S/C12H13ClF4O2/c13-11-8(2-1-3-10(11)14)6-9(18)4-5-19-7-12(15,16)17/h1-3,9,18H,4-7H2. The van der Waals surface area contributed by atoms with Crippen molar-refractivity contribution in [2.75, 3.05) is 13.2 Å². The summed E-state index contributed by atoms with van der Waals surface area (Å²) in [5.74, 6) is -0.598. The molecule has 0 fully saturated rings. The minimum atomic E-state index is -4.38. The van der Waals surface area contributed by atoms with E-state index in [0.29, 0.717) is 5.56 Å². The van der Waals surface area contributed by atoms with Gasteiger partial charge >= 0.3 is 6.18 Å². The first-order valence-corrected chi connectivity index (χ1v) is 5.93. The van der Waals surface area contributed by atoms with Crippen molar-refractivity contribution in [1.82, 2.24) is 0 Å². The van der Waals surface area contributed by atoms with Crippen LogP contribution in [-0.4, -0.2) is 30.6 Å². The number of aliphatic hydroxyl groups excluding tert-OH is 1. The third-order valence-corrected chi connectivity index (χ3v) is 2.77. The molecule has 0 bridgehead atoms. The Kier molecular flexibility index (Phi) is 6.03. The highest BCUT2D eigenvalue weighted by Crippen LogP contribution is 2.21. The number of benzene rings is 1. The first-order valence-electron chi connectivity index (χ1n) is 5.55. The molecule has 1 aromatic rings. The fraction of sp³-hybridized carbons (Fsp3) is 0.500. The molecule has 1 aromatic carbocycles. The number of rotatable bonds is 6. The van der Waals surface area contributed by atoms with Gasteiger partial charge in [0, 0.05) is 13.0 Å². The minimum Gasteiger partial charge on any atom is -0.393 e. The molecule has 0 aliphatic rings. The van der Waals surface area contributed by atoms with Gasteiger partial charge in [0.1, 0.15) is 12.4 Å². The largest absolute Gasteiger partial charge is 0.411 e. The molecule has 0 aliphatic heterocycles. The van der Waals surface area contributed by atoms with Gasteiger partial charge in [0.25, 0.3) is 0 Å². The normalized spacial score (nSPS) is 13.6. The zero-order valence-electron chi connectivity index (χ0n) is 9.88. The Hall–Kier alpha value is -0.850. The Balaban J connectivity index is 2.35. The molecule has 0 aromatic heterocycles. The van der Waals surface area contributed by atoms with Gasteiger partial charge in [0.05, 0.1) is 11.1 Å². The zero-order valence-corrected chi connectivity index (χ0v) is 10.6. The van der Waals surface area contributed by atoms with E-state index >= 15 is 0 Å². The molecule has 108 valence electrons. The molecule has 0 amide bonds. The summed E-state index contributed by atoms with van der Waals surface area (Å²) in [5, 5.41) is 9.52. The highest BCUT2D eigenvalue weighted by Gasteiger charge is 2.27. The maximum Gasteiger partial charge on any atom is 0.411 e. The van der Waals surface area contributed by atoms with E-state index < -0.39 is 24.7 Å². The van der Waals surface area contributed by atoms with Crippen LogP contribution in [0.4, 0.5) is 17.6 Å². The fourth-order valence-electron chi connectivity index (χ4n) is 1.47. The van der Waals surface area contributed by atoms with E-state index in [1.807, 2.05) is 0 Å². The molecule has 1 unspecified atom stereocenters. The highest BCUT2D eigenvalue weighted by atomic mass is 35.5. The van der Waals surface area contributed by atoms with Gasteiger partial charge in [0.2, 0.25) is 0 Å². The van der Waals surface area contributed by atoms with Crippen molar-refractivity contribution in [1.29, 1.82) is 0 Å². The number of alkyl halides is 3. The van der Waals surface area contributed by atoms with Crippen LogP contribution in [0.15, 0.2) is 18.2 Å². The van der Waals surface area contributed by atoms with Gasteiger partial charge in [-0.1, -0.05) is 23.7 Å². The van der Waals surface area contributed by atoms with Gasteiger partial charge in [-0.3, -0.25) is 0 Å². The van der Waals surface area contributed by atoms with Gasteiger partial charge in [-0.25, -0.2) is 4.39 Å². The summed E-state index contributed by atoms with van der Waals surface area (Å²) in [6.07, 6.45) is -5.24. The summed E-state index contributed by atoms with van der Waals surface area (Å²) in [6.45, 7) is -1.58. The SMILES string of the molecule is OC(CCOCC(F)(F)F)Cc1cccc(F)c1Cl. The summed E-state index contributed by atoms with van der Waals surface area (Å²) in [6, 6.07) is 4.18. The number of hydrogen-bond donors (Lipinski definition) is 1. The van der Waals surface area contributed by atoms with Gasteiger partial charge in [-0.15, -0.1) is 0 Å². The Morgan fingerprint density at radius 2 is 2.00 bits per heavy atom. The van der Waals surface area contributed by atoms with E-state index in [2.05, 4.69) is 4.74 Å². The maximum atomic E-state index is 13.1. The smallest absolute Gasteiger partial charge is 0.393 e. The number of halogens is 5. The third kappa shape index (κ3) is 6.22. The quantitative estimate of drug-likeness (QED) is 0.645. The molecule has 19 heavy (non-hydrogen) atoms. The number of hydrogen-bond acceptors (Lipinski definition) is 2. The molecular formula is C12H13ClF4O2. The first kappa shape index (κ1) is 16.2. The van der Waals surface area contributed by atoms with Crippen LogP contribution in [0.2, 0.25) is 5.02 Å². The molecule has 1 atom stereocenters. The summed E-state index contributed by atoms with van der Waals surface area (Å²) in [7, 11) is 0. The van der Waals surface area contributed by atoms with Crippen LogP contribution in [-0.2, 0) is 11.2 Å². The zero-order chi connectivity index (χ0) is 14.5. The van der Waals surface area contributed by atoms with Gasteiger partial charge < -0.3 is 9.84 Å². The average molecular weight is 301 g/mol. The molecule has 0 radical (unpaired) electrons. The lowest BCUT2D eigenvalue weighted by Crippen LogP contribution is -2.20. The Morgan fingerprint density at radius 1 is 1.32 bits per heavy atom. The molecule has 1 N–H and O–H groups in total. The third-order valence-electron chi connectivity index (χ3n) is 2.35. The van der Waals surface area contributed by atoms with E-state index in [1.165, 1.54) is 12.1 Å². The lowest BCUT2D eigenvalue weighted by molar-refractivity contribution is -0.175. The van der Waals surface area contributed by atoms with Crippen molar-refractivity contribution in [3.63, 3.8) is 0 Å². The van der Waals surface area contributed by atoms with E-state index in [9.17, 15) is 22.7 Å². The Morgan fingerprint density at radius 3 is 2.63 bits per heavy atom. The molecule has 0 saturated carbocycles. The van der Waals surface area contributed by atoms with Crippen LogP contribution in [0.5, 0.6) is 0 Å². The summed E-state index contributed by atoms with van der Waals surface area (Å²) in [5.41, 5.74) is 0.407. The van der Waals surface area contributed by atoms with E-state index in [4.69, 9.17) is 11.6 Å². The van der Waals surface area contributed by atoms with Crippen molar-refractivity contribution in [2.45, 2.75) is 25.1 Å². The average Bonchev–Trinajstić information content (AvgIpc) is 2.29. The highest BCUT2D eigenvalue weighted by molar-refractivity contribution is 6.31. The van der Waals surface area contributed by atoms with E-state index in [0.717, 1.165) is 0 Å². The fourth-order valence-corrected chi connectivity index (χ4v) is 1.67. The van der Waals surface area contributed by atoms with Crippen LogP contribution in [0.1, 0.15) is 12.0 Å². The second-order valence-corrected chi connectivity index (χ2v) is 4.41. The van der Waals surface area contributed by atoms with Crippen LogP contribution in [0, 0.1) is 5.82 Å². The minimum absolute atomic E-state index is 0.0168. The van der Waals surface area contributed by atoms with Gasteiger partial charge in [0.15, 0.2) is 0 Å². The van der Waals surface area contributed by atoms with Gasteiger partial charge in [-0.2, -0.15) is 13.2 Å². The molecule has 0 heterocycles. The van der Waals surface area contributed by atoms with E-state index in [-0.39, 0.29) is 24.5 Å². The Bertz CT molecular complexity index is 409. The van der Waals surface area contributed by atoms with Crippen molar-refractivity contribution >= 4 is 11.6 Å². The lowest BCUT2D eigenvalue weighted by atomic mass is 10.1. The van der Waals surface area contributed by atoms with Crippen molar-refractivity contribution in [2.24, 2.45) is 0 Å². The monoisotopic (exact) mass is 300 g/mol. The second-order valence-electron chi connectivity index (χ2n) is 4.03. The number of aliphatic hydroxyl groups is 1. The molecule has 7 heteroatoms. The predicted molar refractivity (Wildman–Crippen MR) is 62.6 cm³/mol.